The van der Waals surface area contributed by atoms with Crippen LogP contribution in [0.4, 0.5) is 4.39 Å². The molecule has 1 saturated carbocycles. The summed E-state index contributed by atoms with van der Waals surface area (Å²) in [6.07, 6.45) is 0.896. The second-order valence-electron chi connectivity index (χ2n) is 6.22. The molecule has 2 atom stereocenters. The second kappa shape index (κ2) is 8.08. The molecule has 0 spiro atoms. The Morgan fingerprint density at radius 2 is 2.00 bits per heavy atom. The molecule has 2 aromatic carbocycles. The Labute approximate surface area is 153 Å². The van der Waals surface area contributed by atoms with Crippen LogP contribution in [0.2, 0.25) is 0 Å². The molecule has 0 heterocycles. The minimum absolute atomic E-state index is 0.146. The van der Waals surface area contributed by atoms with Crippen molar-refractivity contribution in [1.82, 2.24) is 10.6 Å². The molecule has 2 N–H and O–H groups in total. The van der Waals surface area contributed by atoms with Crippen LogP contribution in [0.5, 0.6) is 11.5 Å². The highest BCUT2D eigenvalue weighted by molar-refractivity contribution is 5.80. The molecule has 3 rings (SSSR count). The molecule has 0 radical (unpaired) electrons. The Morgan fingerprint density at radius 3 is 2.69 bits per heavy atom. The van der Waals surface area contributed by atoms with Gasteiger partial charge >= 0.3 is 0 Å². The van der Waals surface area contributed by atoms with E-state index in [1.807, 2.05) is 30.3 Å². The molecule has 2 unspecified atom stereocenters. The number of nitrogens with zero attached hydrogens (tertiary/aromatic N) is 1. The third-order valence-electron chi connectivity index (χ3n) is 4.58. The zero-order valence-electron chi connectivity index (χ0n) is 15.3. The smallest absolute Gasteiger partial charge is 0.191 e. The minimum atomic E-state index is -0.146. The van der Waals surface area contributed by atoms with Gasteiger partial charge in [-0.25, -0.2) is 4.39 Å². The topological polar surface area (TPSA) is 54.9 Å². The van der Waals surface area contributed by atoms with Gasteiger partial charge in [0.1, 0.15) is 17.3 Å². The number of ether oxygens (including phenoxy) is 2. The molecule has 1 fully saturated rings. The van der Waals surface area contributed by atoms with Gasteiger partial charge in [-0.2, -0.15) is 0 Å². The van der Waals surface area contributed by atoms with Gasteiger partial charge in [-0.15, -0.1) is 0 Å². The molecule has 0 bridgehead atoms. The largest absolute Gasteiger partial charge is 0.497 e. The Balaban J connectivity index is 1.58. The van der Waals surface area contributed by atoms with Gasteiger partial charge in [0, 0.05) is 37.2 Å². The maximum atomic E-state index is 13.9. The predicted molar refractivity (Wildman–Crippen MR) is 100 cm³/mol. The fourth-order valence-corrected chi connectivity index (χ4v) is 3.02. The van der Waals surface area contributed by atoms with Crippen LogP contribution < -0.4 is 20.1 Å². The average Bonchev–Trinajstić information content (AvgIpc) is 3.44. The summed E-state index contributed by atoms with van der Waals surface area (Å²) in [5.41, 5.74) is 1.76. The maximum absolute atomic E-state index is 13.9. The maximum Gasteiger partial charge on any atom is 0.191 e. The van der Waals surface area contributed by atoms with Gasteiger partial charge in [-0.1, -0.05) is 18.2 Å². The van der Waals surface area contributed by atoms with E-state index in [-0.39, 0.29) is 17.8 Å². The molecule has 2 aromatic rings. The van der Waals surface area contributed by atoms with Crippen molar-refractivity contribution in [2.75, 3.05) is 21.3 Å². The van der Waals surface area contributed by atoms with Crippen LogP contribution >= 0.6 is 0 Å². The lowest BCUT2D eigenvalue weighted by atomic mass is 10.1. The van der Waals surface area contributed by atoms with Crippen molar-refractivity contribution in [3.8, 4) is 11.5 Å². The predicted octanol–water partition coefficient (Wildman–Crippen LogP) is 3.06. The van der Waals surface area contributed by atoms with Crippen LogP contribution in [-0.2, 0) is 6.54 Å². The standard InChI is InChI=1S/C20H24FN3O2/c1-22-20(23-12-13-8-9-14(25-2)10-19(13)26-3)24-18-11-16(18)15-6-4-5-7-17(15)21/h4-10,16,18H,11-12H2,1-3H3,(H2,22,23,24). The normalized spacial score (nSPS) is 19.0. The van der Waals surface area contributed by atoms with Gasteiger partial charge in [-0.3, -0.25) is 4.99 Å². The van der Waals surface area contributed by atoms with E-state index in [1.165, 1.54) is 6.07 Å². The highest BCUT2D eigenvalue weighted by Gasteiger charge is 2.40. The van der Waals surface area contributed by atoms with Crippen LogP contribution in [-0.4, -0.2) is 33.3 Å². The fourth-order valence-electron chi connectivity index (χ4n) is 3.02. The summed E-state index contributed by atoms with van der Waals surface area (Å²) in [4.78, 5) is 4.26. The number of hydrogen-bond donors (Lipinski definition) is 2. The van der Waals surface area contributed by atoms with Gasteiger partial charge < -0.3 is 20.1 Å². The van der Waals surface area contributed by atoms with E-state index in [2.05, 4.69) is 15.6 Å². The summed E-state index contributed by atoms with van der Waals surface area (Å²) in [7, 11) is 4.98. The first-order chi connectivity index (χ1) is 12.7. The molecule has 0 amide bonds. The first kappa shape index (κ1) is 18.0. The molecule has 0 aromatic heterocycles. The van der Waals surface area contributed by atoms with E-state index in [0.29, 0.717) is 12.5 Å². The highest BCUT2D eigenvalue weighted by atomic mass is 19.1. The van der Waals surface area contributed by atoms with E-state index < -0.39 is 0 Å². The molecule has 0 aliphatic heterocycles. The van der Waals surface area contributed by atoms with Gasteiger partial charge in [0.25, 0.3) is 0 Å². The summed E-state index contributed by atoms with van der Waals surface area (Å²) in [6, 6.07) is 12.8. The number of rotatable bonds is 6. The van der Waals surface area contributed by atoms with Crippen molar-refractivity contribution in [3.05, 3.63) is 59.4 Å². The van der Waals surface area contributed by atoms with Gasteiger partial charge in [-0.05, 0) is 30.2 Å². The zero-order valence-corrected chi connectivity index (χ0v) is 15.3. The van der Waals surface area contributed by atoms with Gasteiger partial charge in [0.15, 0.2) is 5.96 Å². The summed E-state index contributed by atoms with van der Waals surface area (Å²) >= 11 is 0. The lowest BCUT2D eigenvalue weighted by Gasteiger charge is -2.14. The van der Waals surface area contributed by atoms with Crippen LogP contribution in [0.15, 0.2) is 47.5 Å². The van der Waals surface area contributed by atoms with Crippen molar-refractivity contribution in [3.63, 3.8) is 0 Å². The van der Waals surface area contributed by atoms with Crippen molar-refractivity contribution < 1.29 is 13.9 Å². The fraction of sp³-hybridized carbons (Fsp3) is 0.350. The van der Waals surface area contributed by atoms with E-state index in [9.17, 15) is 4.39 Å². The lowest BCUT2D eigenvalue weighted by Crippen LogP contribution is -2.38. The van der Waals surface area contributed by atoms with E-state index in [1.54, 1.807) is 27.3 Å². The van der Waals surface area contributed by atoms with E-state index in [4.69, 9.17) is 9.47 Å². The molecule has 6 heteroatoms. The lowest BCUT2D eigenvalue weighted by molar-refractivity contribution is 0.390. The van der Waals surface area contributed by atoms with Crippen LogP contribution in [0, 0.1) is 5.82 Å². The Hall–Kier alpha value is -2.76. The summed E-state index contributed by atoms with van der Waals surface area (Å²) in [5, 5.41) is 6.63. The monoisotopic (exact) mass is 357 g/mol. The van der Waals surface area contributed by atoms with Gasteiger partial charge in [0.2, 0.25) is 0 Å². The number of halogens is 1. The Bertz CT molecular complexity index is 794. The molecule has 1 aliphatic carbocycles. The number of methoxy groups -OCH3 is 2. The molecule has 0 saturated heterocycles. The van der Waals surface area contributed by atoms with Crippen molar-refractivity contribution in [2.24, 2.45) is 4.99 Å². The third-order valence-corrected chi connectivity index (χ3v) is 4.58. The highest BCUT2D eigenvalue weighted by Crippen LogP contribution is 2.41. The molecule has 138 valence electrons. The summed E-state index contributed by atoms with van der Waals surface area (Å²) in [6.45, 7) is 0.559. The molecule has 1 aliphatic rings. The quantitative estimate of drug-likeness (QED) is 0.616. The van der Waals surface area contributed by atoms with Crippen LogP contribution in [0.25, 0.3) is 0 Å². The van der Waals surface area contributed by atoms with Crippen LogP contribution in [0.1, 0.15) is 23.5 Å². The Morgan fingerprint density at radius 1 is 1.19 bits per heavy atom. The first-order valence-corrected chi connectivity index (χ1v) is 8.58. The SMILES string of the molecule is CN=C(NCc1ccc(OC)cc1OC)NC1CC1c1ccccc1F. The summed E-state index contributed by atoms with van der Waals surface area (Å²) in [5.74, 6) is 2.23. The van der Waals surface area contributed by atoms with E-state index in [0.717, 1.165) is 29.0 Å². The molecule has 26 heavy (non-hydrogen) atoms. The van der Waals surface area contributed by atoms with Crippen LogP contribution in [0.3, 0.4) is 0 Å². The molecule has 5 nitrogen and oxygen atoms in total. The van der Waals surface area contributed by atoms with Crippen molar-refractivity contribution in [2.45, 2.75) is 24.9 Å². The van der Waals surface area contributed by atoms with Crippen molar-refractivity contribution >= 4 is 5.96 Å². The minimum Gasteiger partial charge on any atom is -0.497 e. The van der Waals surface area contributed by atoms with Gasteiger partial charge in [0.05, 0.1) is 14.2 Å². The molecular formula is C20H24FN3O2. The average molecular weight is 357 g/mol. The number of guanidine groups is 1. The zero-order chi connectivity index (χ0) is 18.5. The number of benzene rings is 2. The molecular weight excluding hydrogens is 333 g/mol. The number of nitrogens with one attached hydrogen (secondary N) is 2. The van der Waals surface area contributed by atoms with E-state index >= 15 is 0 Å². The Kier molecular flexibility index (Phi) is 5.61. The second-order valence-corrected chi connectivity index (χ2v) is 6.22. The third kappa shape index (κ3) is 4.07. The van der Waals surface area contributed by atoms with Crippen molar-refractivity contribution in [1.29, 1.82) is 0 Å². The number of aliphatic imine (C=N–C) groups is 1. The first-order valence-electron chi connectivity index (χ1n) is 8.58. The summed E-state index contributed by atoms with van der Waals surface area (Å²) < 4.78 is 24.5. The number of hydrogen-bond acceptors (Lipinski definition) is 3.